The van der Waals surface area contributed by atoms with E-state index in [2.05, 4.69) is 108 Å². The topological polar surface area (TPSA) is 50.2 Å². The zero-order chi connectivity index (χ0) is 37.2. The Balaban J connectivity index is 0.000000323. The van der Waals surface area contributed by atoms with Crippen LogP contribution in [0.15, 0.2) is 72.6 Å². The normalized spacial score (nSPS) is 13.7. The fraction of sp³-hybridized carbons (Fsp3) is 0.435. The molecule has 1 N–H and O–H groups in total. The molecule has 0 fully saturated rings. The summed E-state index contributed by atoms with van der Waals surface area (Å²) in [5.74, 6) is 1.19. The molecule has 6 heteroatoms. The standard InChI is InChI=1S/C33H34NSSi.C13H24O2.Ir/c1-20(2)17-22-12-10-14-27-28(22)31-32(36(27,6)7)25-15-16-34-29(30(25)35-31)23-18-21-11-8-9-13-24(21)26(19-23)33(3,4)5;1-5-10(6-2)12(14)9-13(15)11(7-3)8-4;/h8-16,19-20H,17H2,1-7H3;9-11,14H,5-8H2,1-4H3;/q-1;;/b;12-9-;. The first-order valence-corrected chi connectivity index (χ1v) is 22.9. The van der Waals surface area contributed by atoms with E-state index in [-0.39, 0.29) is 48.9 Å². The van der Waals surface area contributed by atoms with Gasteiger partial charge in [-0.3, -0.25) is 9.78 Å². The maximum Gasteiger partial charge on any atom is 0.162 e. The van der Waals surface area contributed by atoms with Crippen molar-refractivity contribution in [3.8, 4) is 21.7 Å². The molecule has 0 amide bonds. The Bertz CT molecular complexity index is 2060. The number of hydrogen-bond acceptors (Lipinski definition) is 4. The summed E-state index contributed by atoms with van der Waals surface area (Å²) in [4.78, 5) is 18.2. The van der Waals surface area contributed by atoms with Gasteiger partial charge in [0.15, 0.2) is 5.78 Å². The van der Waals surface area contributed by atoms with Crippen LogP contribution in [0.25, 0.3) is 42.6 Å². The zero-order valence-corrected chi connectivity index (χ0v) is 37.4. The number of carbonyl (C=O) groups is 1. The average Bonchev–Trinajstić information content (AvgIpc) is 3.58. The predicted molar refractivity (Wildman–Crippen MR) is 225 cm³/mol. The fourth-order valence-corrected chi connectivity index (χ4v) is 13.6. The Morgan fingerprint density at radius 2 is 1.58 bits per heavy atom. The third kappa shape index (κ3) is 8.26. The van der Waals surface area contributed by atoms with Crippen LogP contribution in [-0.4, -0.2) is 23.9 Å². The van der Waals surface area contributed by atoms with Crippen LogP contribution >= 0.6 is 11.3 Å². The van der Waals surface area contributed by atoms with Gasteiger partial charge in [0.2, 0.25) is 0 Å². The molecule has 52 heavy (non-hydrogen) atoms. The van der Waals surface area contributed by atoms with E-state index in [1.165, 1.54) is 48.5 Å². The summed E-state index contributed by atoms with van der Waals surface area (Å²) in [5.41, 5.74) is 6.62. The SMILES string of the molecule is CC(C)Cc1cccc2c1-c1sc3c(-c4[c-]c5ccccc5c(C(C)(C)C)c4)nccc3c1[Si]2(C)C.CCC(CC)C(=O)/C=C(\O)C(CC)CC.[Ir]. The van der Waals surface area contributed by atoms with E-state index in [1.807, 2.05) is 45.2 Å². The van der Waals surface area contributed by atoms with E-state index in [1.54, 1.807) is 10.4 Å². The Morgan fingerprint density at radius 1 is 0.923 bits per heavy atom. The molecule has 1 aliphatic heterocycles. The number of rotatable bonds is 10. The minimum atomic E-state index is -1.81. The molecule has 279 valence electrons. The number of aliphatic hydroxyl groups excluding tert-OH is 1. The molecule has 3 heterocycles. The third-order valence-electron chi connectivity index (χ3n) is 10.8. The molecule has 0 saturated carbocycles. The molecule has 5 aromatic rings. The number of ketones is 1. The number of pyridine rings is 1. The van der Waals surface area contributed by atoms with Crippen LogP contribution in [0.5, 0.6) is 0 Å². The van der Waals surface area contributed by atoms with Crippen molar-refractivity contribution < 1.29 is 30.0 Å². The molecule has 0 bridgehead atoms. The third-order valence-corrected chi connectivity index (χ3v) is 15.8. The van der Waals surface area contributed by atoms with E-state index in [0.29, 0.717) is 5.92 Å². The van der Waals surface area contributed by atoms with Crippen molar-refractivity contribution in [3.05, 3.63) is 89.8 Å². The van der Waals surface area contributed by atoms with Gasteiger partial charge in [0, 0.05) is 59.5 Å². The Hall–Kier alpha value is -2.89. The van der Waals surface area contributed by atoms with Gasteiger partial charge in [-0.1, -0.05) is 123 Å². The van der Waals surface area contributed by atoms with E-state index in [0.717, 1.165) is 43.4 Å². The van der Waals surface area contributed by atoms with Crippen LogP contribution in [0, 0.1) is 23.8 Å². The van der Waals surface area contributed by atoms with E-state index >= 15 is 0 Å². The van der Waals surface area contributed by atoms with Gasteiger partial charge in [0.25, 0.3) is 0 Å². The summed E-state index contributed by atoms with van der Waals surface area (Å²) in [5, 5.41) is 16.8. The fourth-order valence-electron chi connectivity index (χ4n) is 7.90. The van der Waals surface area contributed by atoms with Gasteiger partial charge >= 0.3 is 0 Å². The molecular weight excluding hydrogens is 851 g/mol. The molecule has 3 nitrogen and oxygen atoms in total. The summed E-state index contributed by atoms with van der Waals surface area (Å²) < 4.78 is 1.32. The van der Waals surface area contributed by atoms with Crippen molar-refractivity contribution in [2.75, 3.05) is 0 Å². The molecule has 0 atom stereocenters. The largest absolute Gasteiger partial charge is 0.512 e. The van der Waals surface area contributed by atoms with Crippen molar-refractivity contribution in [2.45, 2.75) is 113 Å². The van der Waals surface area contributed by atoms with Crippen LogP contribution < -0.4 is 10.4 Å². The van der Waals surface area contributed by atoms with Gasteiger partial charge in [-0.05, 0) is 76.4 Å². The molecule has 3 aromatic carbocycles. The summed E-state index contributed by atoms with van der Waals surface area (Å²) in [6.07, 6.45) is 8.05. The monoisotopic (exact) mass is 909 g/mol. The number of carbonyl (C=O) groups excluding carboxylic acids is 1. The molecule has 1 radical (unpaired) electrons. The number of nitrogens with zero attached hydrogens (tertiary/aromatic N) is 1. The maximum absolute atomic E-state index is 11.7. The number of allylic oxidation sites excluding steroid dienone is 2. The summed E-state index contributed by atoms with van der Waals surface area (Å²) in [6.45, 7) is 24.7. The molecule has 0 unspecified atom stereocenters. The number of hydrogen-bond donors (Lipinski definition) is 1. The number of aliphatic hydroxyl groups is 1. The van der Waals surface area contributed by atoms with Crippen molar-refractivity contribution >= 4 is 56.4 Å². The molecular formula is C46H58IrNO2SSi-. The maximum atomic E-state index is 11.7. The quantitative estimate of drug-likeness (QED) is 0.0657. The van der Waals surface area contributed by atoms with Gasteiger partial charge < -0.3 is 5.11 Å². The van der Waals surface area contributed by atoms with Gasteiger partial charge in [-0.25, -0.2) is 0 Å². The van der Waals surface area contributed by atoms with Crippen molar-refractivity contribution in [1.29, 1.82) is 0 Å². The van der Waals surface area contributed by atoms with Gasteiger partial charge in [0.05, 0.1) is 5.76 Å². The smallest absolute Gasteiger partial charge is 0.162 e. The second kappa shape index (κ2) is 17.1. The van der Waals surface area contributed by atoms with E-state index < -0.39 is 8.07 Å². The van der Waals surface area contributed by atoms with Crippen LogP contribution in [0.1, 0.15) is 99.1 Å². The van der Waals surface area contributed by atoms with Gasteiger partial charge in [-0.2, -0.15) is 0 Å². The van der Waals surface area contributed by atoms with E-state index in [4.69, 9.17) is 4.98 Å². The molecule has 0 aliphatic carbocycles. The molecule has 2 aromatic heterocycles. The number of fused-ring (bicyclic) bond motifs is 6. The summed E-state index contributed by atoms with van der Waals surface area (Å²) in [6, 6.07) is 24.1. The Labute approximate surface area is 331 Å². The Morgan fingerprint density at radius 3 is 2.19 bits per heavy atom. The first kappa shape index (κ1) is 41.9. The van der Waals surface area contributed by atoms with Gasteiger partial charge in [0.1, 0.15) is 8.07 Å². The van der Waals surface area contributed by atoms with Crippen molar-refractivity contribution in [1.82, 2.24) is 4.98 Å². The van der Waals surface area contributed by atoms with Crippen molar-refractivity contribution in [2.24, 2.45) is 17.8 Å². The minimum absolute atomic E-state index is 0. The first-order valence-electron chi connectivity index (χ1n) is 19.1. The molecule has 6 rings (SSSR count). The predicted octanol–water partition coefficient (Wildman–Crippen LogP) is 12.1. The number of thiophene rings is 1. The average molecular weight is 909 g/mol. The van der Waals surface area contributed by atoms with Crippen LogP contribution in [0.3, 0.4) is 0 Å². The van der Waals surface area contributed by atoms with E-state index in [9.17, 15) is 9.90 Å². The Kier molecular flexibility index (Phi) is 13.7. The second-order valence-electron chi connectivity index (χ2n) is 16.3. The summed E-state index contributed by atoms with van der Waals surface area (Å²) in [7, 11) is -1.81. The van der Waals surface area contributed by atoms with Crippen molar-refractivity contribution in [3.63, 3.8) is 0 Å². The zero-order valence-electron chi connectivity index (χ0n) is 33.2. The van der Waals surface area contributed by atoms with Crippen LogP contribution in [0.4, 0.5) is 0 Å². The molecule has 1 aliphatic rings. The number of benzene rings is 3. The van der Waals surface area contributed by atoms with Crippen LogP contribution in [-0.2, 0) is 36.7 Å². The molecule has 0 spiro atoms. The van der Waals surface area contributed by atoms with Gasteiger partial charge in [-0.15, -0.1) is 40.5 Å². The first-order chi connectivity index (χ1) is 24.2. The summed E-state index contributed by atoms with van der Waals surface area (Å²) >= 11 is 1.97. The minimum Gasteiger partial charge on any atom is -0.512 e. The van der Waals surface area contributed by atoms with Crippen LogP contribution in [0.2, 0.25) is 13.1 Å². The second-order valence-corrected chi connectivity index (χ2v) is 21.6. The number of aromatic nitrogens is 1. The molecule has 0 saturated heterocycles.